The normalized spacial score (nSPS) is 17.3. The number of carbonyl (C=O) groups excluding carboxylic acids is 1. The van der Waals surface area contributed by atoms with Crippen LogP contribution in [0.15, 0.2) is 29.4 Å². The van der Waals surface area contributed by atoms with E-state index in [1.165, 1.54) is 18.9 Å². The standard InChI is InChI=1S/C22H29N5O3S/c1-15-7-8-20(25-16(2)28)21(13-15)31(29,30)26-17-9-11-27(12-10-17)22-18-5-3-4-6-19(18)23-14-24-22/h7-8,13-14,17,26H,3-6,9-12H2,1-2H3,(H,25,28). The molecule has 1 aliphatic carbocycles. The van der Waals surface area contributed by atoms with Gasteiger partial charge in [0.25, 0.3) is 0 Å². The Morgan fingerprint density at radius 2 is 1.87 bits per heavy atom. The van der Waals surface area contributed by atoms with Crippen LogP contribution in [0.25, 0.3) is 0 Å². The lowest BCUT2D eigenvalue weighted by molar-refractivity contribution is -0.114. The van der Waals surface area contributed by atoms with Crippen LogP contribution in [0.5, 0.6) is 0 Å². The van der Waals surface area contributed by atoms with Gasteiger partial charge in [-0.25, -0.2) is 23.1 Å². The van der Waals surface area contributed by atoms with Crippen LogP contribution < -0.4 is 14.9 Å². The second-order valence-corrected chi connectivity index (χ2v) is 10.1. The van der Waals surface area contributed by atoms with E-state index in [1.54, 1.807) is 24.5 Å². The van der Waals surface area contributed by atoms with Gasteiger partial charge in [0.05, 0.1) is 5.69 Å². The van der Waals surface area contributed by atoms with Gasteiger partial charge in [0, 0.05) is 37.3 Å². The fourth-order valence-corrected chi connectivity index (χ4v) is 5.96. The van der Waals surface area contributed by atoms with Crippen molar-refractivity contribution in [1.82, 2.24) is 14.7 Å². The van der Waals surface area contributed by atoms with Crippen molar-refractivity contribution in [2.75, 3.05) is 23.3 Å². The minimum atomic E-state index is -3.76. The molecule has 1 saturated heterocycles. The maximum absolute atomic E-state index is 13.1. The Morgan fingerprint density at radius 3 is 2.61 bits per heavy atom. The molecule has 1 aliphatic heterocycles. The Morgan fingerprint density at radius 1 is 1.13 bits per heavy atom. The maximum atomic E-state index is 13.1. The number of aryl methyl sites for hydroxylation is 2. The van der Waals surface area contributed by atoms with Crippen molar-refractivity contribution < 1.29 is 13.2 Å². The minimum Gasteiger partial charge on any atom is -0.356 e. The number of anilines is 2. The van der Waals surface area contributed by atoms with Gasteiger partial charge in [-0.15, -0.1) is 0 Å². The number of fused-ring (bicyclic) bond motifs is 1. The first kappa shape index (κ1) is 21.7. The van der Waals surface area contributed by atoms with Gasteiger partial charge < -0.3 is 10.2 Å². The van der Waals surface area contributed by atoms with Crippen LogP contribution in [0, 0.1) is 6.92 Å². The number of piperidine rings is 1. The maximum Gasteiger partial charge on any atom is 0.242 e. The molecule has 1 fully saturated rings. The van der Waals surface area contributed by atoms with Crippen molar-refractivity contribution in [3.05, 3.63) is 41.3 Å². The van der Waals surface area contributed by atoms with Crippen LogP contribution in [0.3, 0.4) is 0 Å². The highest BCUT2D eigenvalue weighted by atomic mass is 32.2. The smallest absolute Gasteiger partial charge is 0.242 e. The van der Waals surface area contributed by atoms with E-state index in [4.69, 9.17) is 0 Å². The van der Waals surface area contributed by atoms with Gasteiger partial charge in [-0.1, -0.05) is 6.07 Å². The van der Waals surface area contributed by atoms with Crippen molar-refractivity contribution in [2.45, 2.75) is 63.3 Å². The van der Waals surface area contributed by atoms with Crippen molar-refractivity contribution in [3.8, 4) is 0 Å². The van der Waals surface area contributed by atoms with Gasteiger partial charge in [0.15, 0.2) is 0 Å². The van der Waals surface area contributed by atoms with Gasteiger partial charge >= 0.3 is 0 Å². The number of rotatable bonds is 5. The van der Waals surface area contributed by atoms with E-state index in [0.29, 0.717) is 18.5 Å². The van der Waals surface area contributed by atoms with E-state index < -0.39 is 10.0 Å². The van der Waals surface area contributed by atoms with Crippen molar-refractivity contribution in [1.29, 1.82) is 0 Å². The number of amides is 1. The lowest BCUT2D eigenvalue weighted by Crippen LogP contribution is -2.45. The first-order chi connectivity index (χ1) is 14.8. The third-order valence-electron chi connectivity index (χ3n) is 5.96. The number of sulfonamides is 1. The summed E-state index contributed by atoms with van der Waals surface area (Å²) < 4.78 is 29.1. The molecule has 0 spiro atoms. The summed E-state index contributed by atoms with van der Waals surface area (Å²) in [6, 6.07) is 4.84. The molecule has 2 aromatic rings. The molecule has 0 radical (unpaired) electrons. The molecular weight excluding hydrogens is 414 g/mol. The highest BCUT2D eigenvalue weighted by Gasteiger charge is 2.28. The second-order valence-electron chi connectivity index (χ2n) is 8.39. The molecule has 8 nitrogen and oxygen atoms in total. The minimum absolute atomic E-state index is 0.106. The zero-order chi connectivity index (χ0) is 22.0. The van der Waals surface area contributed by atoms with Gasteiger partial charge in [-0.3, -0.25) is 4.79 Å². The SMILES string of the molecule is CC(=O)Nc1ccc(C)cc1S(=O)(=O)NC1CCN(c2ncnc3c2CCCC3)CC1. The fraction of sp³-hybridized carbons (Fsp3) is 0.500. The highest BCUT2D eigenvalue weighted by Crippen LogP contribution is 2.29. The summed E-state index contributed by atoms with van der Waals surface area (Å²) in [5.41, 5.74) is 3.53. The van der Waals surface area contributed by atoms with Crippen molar-refractivity contribution in [3.63, 3.8) is 0 Å². The Labute approximate surface area is 183 Å². The number of benzene rings is 1. The number of nitrogens with zero attached hydrogens (tertiary/aromatic N) is 3. The van der Waals surface area contributed by atoms with Crippen molar-refractivity contribution >= 4 is 27.4 Å². The third-order valence-corrected chi connectivity index (χ3v) is 7.52. The number of aromatic nitrogens is 2. The average molecular weight is 444 g/mol. The first-order valence-electron chi connectivity index (χ1n) is 10.8. The number of hydrogen-bond donors (Lipinski definition) is 2. The zero-order valence-corrected chi connectivity index (χ0v) is 18.8. The molecule has 9 heteroatoms. The summed E-state index contributed by atoms with van der Waals surface area (Å²) in [7, 11) is -3.76. The molecule has 0 bridgehead atoms. The largest absolute Gasteiger partial charge is 0.356 e. The topological polar surface area (TPSA) is 104 Å². The van der Waals surface area contributed by atoms with Crippen LogP contribution in [-0.4, -0.2) is 43.4 Å². The Kier molecular flexibility index (Phi) is 6.24. The molecule has 0 atom stereocenters. The summed E-state index contributed by atoms with van der Waals surface area (Å²) in [5.74, 6) is 0.708. The predicted molar refractivity (Wildman–Crippen MR) is 120 cm³/mol. The third kappa shape index (κ3) is 4.88. The van der Waals surface area contributed by atoms with Crippen LogP contribution in [-0.2, 0) is 27.7 Å². The van der Waals surface area contributed by atoms with Crippen LogP contribution in [0.1, 0.15) is 49.4 Å². The summed E-state index contributed by atoms with van der Waals surface area (Å²) in [6.45, 7) is 4.68. The average Bonchev–Trinajstić information content (AvgIpc) is 2.74. The van der Waals surface area contributed by atoms with Gasteiger partial charge in [-0.2, -0.15) is 0 Å². The van der Waals surface area contributed by atoms with Crippen molar-refractivity contribution in [2.24, 2.45) is 0 Å². The Balaban J connectivity index is 1.46. The van der Waals surface area contributed by atoms with Crippen LogP contribution >= 0.6 is 0 Å². The van der Waals surface area contributed by atoms with E-state index in [-0.39, 0.29) is 16.8 Å². The Bertz CT molecular complexity index is 1080. The lowest BCUT2D eigenvalue weighted by Gasteiger charge is -2.35. The molecule has 2 aliphatic rings. The number of carbonyl (C=O) groups is 1. The zero-order valence-electron chi connectivity index (χ0n) is 18.0. The molecule has 0 saturated carbocycles. The van der Waals surface area contributed by atoms with E-state index in [1.807, 2.05) is 6.92 Å². The van der Waals surface area contributed by atoms with Gasteiger partial charge in [0.1, 0.15) is 17.0 Å². The molecule has 31 heavy (non-hydrogen) atoms. The molecule has 1 amide bonds. The van der Waals surface area contributed by atoms with E-state index in [2.05, 4.69) is 24.9 Å². The van der Waals surface area contributed by atoms with Crippen LogP contribution in [0.2, 0.25) is 0 Å². The summed E-state index contributed by atoms with van der Waals surface area (Å²) in [5, 5.41) is 2.62. The monoisotopic (exact) mass is 443 g/mol. The van der Waals surface area contributed by atoms with Gasteiger partial charge in [-0.05, 0) is 63.1 Å². The first-order valence-corrected chi connectivity index (χ1v) is 12.3. The number of nitrogens with one attached hydrogen (secondary N) is 2. The number of hydrogen-bond acceptors (Lipinski definition) is 6. The molecule has 2 N–H and O–H groups in total. The second kappa shape index (κ2) is 8.92. The van der Waals surface area contributed by atoms with E-state index >= 15 is 0 Å². The summed E-state index contributed by atoms with van der Waals surface area (Å²) in [6.07, 6.45) is 7.39. The summed E-state index contributed by atoms with van der Waals surface area (Å²) in [4.78, 5) is 22.9. The van der Waals surface area contributed by atoms with Gasteiger partial charge in [0.2, 0.25) is 15.9 Å². The molecule has 1 aromatic carbocycles. The lowest BCUT2D eigenvalue weighted by atomic mass is 9.95. The molecule has 0 unspecified atom stereocenters. The quantitative estimate of drug-likeness (QED) is 0.736. The highest BCUT2D eigenvalue weighted by molar-refractivity contribution is 7.89. The molecular formula is C22H29N5O3S. The molecule has 4 rings (SSSR count). The summed E-state index contributed by atoms with van der Waals surface area (Å²) >= 11 is 0. The van der Waals surface area contributed by atoms with Crippen LogP contribution in [0.4, 0.5) is 11.5 Å². The molecule has 1 aromatic heterocycles. The van der Waals surface area contributed by atoms with E-state index in [0.717, 1.165) is 49.4 Å². The fourth-order valence-electron chi connectivity index (χ4n) is 4.41. The Hall–Kier alpha value is -2.52. The van der Waals surface area contributed by atoms with E-state index in [9.17, 15) is 13.2 Å². The molecule has 166 valence electrons. The predicted octanol–water partition coefficient (Wildman–Crippen LogP) is 2.57. The molecule has 2 heterocycles.